The zero-order valence-corrected chi connectivity index (χ0v) is 14.4. The lowest BCUT2D eigenvalue weighted by Gasteiger charge is -2.08. The van der Waals surface area contributed by atoms with Gasteiger partial charge in [0.1, 0.15) is 5.82 Å². The summed E-state index contributed by atoms with van der Waals surface area (Å²) >= 11 is 6.31. The Kier molecular flexibility index (Phi) is 3.18. The molecular weight excluding hydrogens is 338 g/mol. The van der Waals surface area contributed by atoms with Gasteiger partial charge in [-0.1, -0.05) is 17.7 Å². The summed E-state index contributed by atoms with van der Waals surface area (Å²) in [4.78, 5) is 0. The van der Waals surface area contributed by atoms with E-state index < -0.39 is 0 Å². The van der Waals surface area contributed by atoms with Gasteiger partial charge in [0, 0.05) is 22.7 Å². The first-order chi connectivity index (χ1) is 12.2. The van der Waals surface area contributed by atoms with Crippen molar-refractivity contribution in [3.63, 3.8) is 0 Å². The second-order valence-electron chi connectivity index (χ2n) is 6.27. The molecule has 0 unspecified atom stereocenters. The third-order valence-corrected chi connectivity index (χ3v) is 5.10. The summed E-state index contributed by atoms with van der Waals surface area (Å²) in [6.45, 7) is 3.18. The third-order valence-electron chi connectivity index (χ3n) is 4.70. The molecule has 5 nitrogen and oxygen atoms in total. The van der Waals surface area contributed by atoms with Crippen LogP contribution in [0.3, 0.4) is 0 Å². The fourth-order valence-electron chi connectivity index (χ4n) is 3.35. The number of hydrogen-bond acceptors (Lipinski definition) is 4. The maximum atomic E-state index is 6.31. The number of rotatable bonds is 2. The molecule has 0 radical (unpaired) electrons. The average molecular weight is 354 g/mol. The summed E-state index contributed by atoms with van der Waals surface area (Å²) in [5, 5.41) is 9.05. The number of hydrogen-bond donors (Lipinski definition) is 1. The molecule has 0 fully saturated rings. The summed E-state index contributed by atoms with van der Waals surface area (Å²) in [7, 11) is 0. The monoisotopic (exact) mass is 353 g/mol. The van der Waals surface area contributed by atoms with E-state index in [4.69, 9.17) is 26.2 Å². The lowest BCUT2D eigenvalue weighted by atomic mass is 10.1. The van der Waals surface area contributed by atoms with Crippen LogP contribution in [0.2, 0.25) is 5.02 Å². The minimum Gasteiger partial charge on any atom is -0.454 e. The molecule has 0 spiro atoms. The van der Waals surface area contributed by atoms with Crippen molar-refractivity contribution in [1.29, 1.82) is 0 Å². The minimum absolute atomic E-state index is 0.273. The van der Waals surface area contributed by atoms with Gasteiger partial charge in [-0.15, -0.1) is 0 Å². The predicted octanol–water partition coefficient (Wildman–Crippen LogP) is 4.20. The molecule has 1 aromatic heterocycles. The first-order valence-electron chi connectivity index (χ1n) is 8.23. The largest absolute Gasteiger partial charge is 0.454 e. The van der Waals surface area contributed by atoms with Gasteiger partial charge in [-0.2, -0.15) is 5.10 Å². The SMILES string of the molecule is Cc1ccc(-n2nc(-c3ccc4c(c3)OCO4)c3c2NCC3)cc1Cl. The number of aryl methyl sites for hydroxylation is 1. The normalized spacial score (nSPS) is 14.5. The van der Waals surface area contributed by atoms with Crippen LogP contribution >= 0.6 is 11.6 Å². The van der Waals surface area contributed by atoms with E-state index in [1.807, 2.05) is 48.0 Å². The van der Waals surface area contributed by atoms with Gasteiger partial charge in [0.2, 0.25) is 6.79 Å². The number of halogens is 1. The van der Waals surface area contributed by atoms with Gasteiger partial charge < -0.3 is 14.8 Å². The van der Waals surface area contributed by atoms with Crippen molar-refractivity contribution in [2.24, 2.45) is 0 Å². The van der Waals surface area contributed by atoms with E-state index in [0.29, 0.717) is 0 Å². The number of fused-ring (bicyclic) bond motifs is 2. The Morgan fingerprint density at radius 3 is 2.88 bits per heavy atom. The molecule has 25 heavy (non-hydrogen) atoms. The molecule has 0 aliphatic carbocycles. The van der Waals surface area contributed by atoms with Crippen molar-refractivity contribution in [3.8, 4) is 28.4 Å². The molecule has 2 aromatic carbocycles. The molecule has 2 aliphatic rings. The third kappa shape index (κ3) is 2.27. The predicted molar refractivity (Wildman–Crippen MR) is 97.1 cm³/mol. The first-order valence-corrected chi connectivity index (χ1v) is 8.61. The molecule has 6 heteroatoms. The Bertz CT molecular complexity index is 997. The van der Waals surface area contributed by atoms with E-state index in [1.165, 1.54) is 5.56 Å². The van der Waals surface area contributed by atoms with E-state index in [1.54, 1.807) is 0 Å². The first kappa shape index (κ1) is 14.7. The molecule has 0 atom stereocenters. The zero-order valence-electron chi connectivity index (χ0n) is 13.7. The Morgan fingerprint density at radius 1 is 1.12 bits per heavy atom. The zero-order chi connectivity index (χ0) is 17.0. The van der Waals surface area contributed by atoms with Crippen LogP contribution in [0.15, 0.2) is 36.4 Å². The number of benzene rings is 2. The second kappa shape index (κ2) is 5.43. The summed E-state index contributed by atoms with van der Waals surface area (Å²) < 4.78 is 12.9. The fraction of sp³-hybridized carbons (Fsp3) is 0.211. The molecule has 3 aromatic rings. The Labute approximate surface area is 150 Å². The lowest BCUT2D eigenvalue weighted by molar-refractivity contribution is 0.174. The number of anilines is 1. The van der Waals surface area contributed by atoms with Crippen molar-refractivity contribution in [3.05, 3.63) is 52.5 Å². The van der Waals surface area contributed by atoms with Gasteiger partial charge in [0.25, 0.3) is 0 Å². The summed E-state index contributed by atoms with van der Waals surface area (Å²) in [5.41, 5.74) is 5.22. The van der Waals surface area contributed by atoms with Crippen LogP contribution in [0.4, 0.5) is 5.82 Å². The van der Waals surface area contributed by atoms with Crippen molar-refractivity contribution in [2.45, 2.75) is 13.3 Å². The Balaban J connectivity index is 1.66. The molecular formula is C19H16ClN3O2. The highest BCUT2D eigenvalue weighted by Gasteiger charge is 2.25. The topological polar surface area (TPSA) is 48.3 Å². The van der Waals surface area contributed by atoms with Gasteiger partial charge in [0.05, 0.1) is 11.4 Å². The highest BCUT2D eigenvalue weighted by atomic mass is 35.5. The summed E-state index contributed by atoms with van der Waals surface area (Å²) in [5.74, 6) is 2.58. The number of aromatic nitrogens is 2. The van der Waals surface area contributed by atoms with Gasteiger partial charge in [-0.25, -0.2) is 4.68 Å². The Morgan fingerprint density at radius 2 is 2.00 bits per heavy atom. The van der Waals surface area contributed by atoms with Crippen molar-refractivity contribution in [2.75, 3.05) is 18.7 Å². The number of nitrogens with zero attached hydrogens (tertiary/aromatic N) is 2. The van der Waals surface area contributed by atoms with Crippen LogP contribution in [-0.4, -0.2) is 23.1 Å². The molecule has 0 amide bonds. The highest BCUT2D eigenvalue weighted by Crippen LogP contribution is 2.40. The number of nitrogens with one attached hydrogen (secondary N) is 1. The standard InChI is InChI=1S/C19H16ClN3O2/c1-11-2-4-13(9-15(11)20)23-19-14(6-7-21-19)18(22-23)12-3-5-16-17(8-12)25-10-24-16/h2-5,8-9,21H,6-7,10H2,1H3. The molecule has 126 valence electrons. The highest BCUT2D eigenvalue weighted by molar-refractivity contribution is 6.31. The maximum absolute atomic E-state index is 6.31. The van der Waals surface area contributed by atoms with Crippen molar-refractivity contribution >= 4 is 17.4 Å². The molecule has 0 saturated carbocycles. The van der Waals surface area contributed by atoms with Crippen molar-refractivity contribution < 1.29 is 9.47 Å². The fourth-order valence-corrected chi connectivity index (χ4v) is 3.53. The summed E-state index contributed by atoms with van der Waals surface area (Å²) in [6.07, 6.45) is 0.943. The van der Waals surface area contributed by atoms with Gasteiger partial charge in [0.15, 0.2) is 11.5 Å². The van der Waals surface area contributed by atoms with Gasteiger partial charge in [-0.05, 0) is 49.2 Å². The van der Waals surface area contributed by atoms with Crippen LogP contribution in [0.5, 0.6) is 11.5 Å². The van der Waals surface area contributed by atoms with E-state index >= 15 is 0 Å². The van der Waals surface area contributed by atoms with E-state index in [2.05, 4.69) is 5.32 Å². The molecule has 5 rings (SSSR count). The summed E-state index contributed by atoms with van der Waals surface area (Å²) in [6, 6.07) is 12.0. The molecule has 3 heterocycles. The number of ether oxygens (including phenoxy) is 2. The smallest absolute Gasteiger partial charge is 0.231 e. The molecule has 0 saturated heterocycles. The second-order valence-corrected chi connectivity index (χ2v) is 6.67. The van der Waals surface area contributed by atoms with Gasteiger partial charge in [-0.3, -0.25) is 0 Å². The average Bonchev–Trinajstić information content (AvgIpc) is 3.32. The Hall–Kier alpha value is -2.66. The van der Waals surface area contributed by atoms with Crippen LogP contribution in [0.25, 0.3) is 16.9 Å². The van der Waals surface area contributed by atoms with Crippen molar-refractivity contribution in [1.82, 2.24) is 9.78 Å². The van der Waals surface area contributed by atoms with E-state index in [-0.39, 0.29) is 6.79 Å². The molecule has 0 bridgehead atoms. The van der Waals surface area contributed by atoms with Crippen LogP contribution in [-0.2, 0) is 6.42 Å². The lowest BCUT2D eigenvalue weighted by Crippen LogP contribution is -2.04. The van der Waals surface area contributed by atoms with Crippen LogP contribution in [0.1, 0.15) is 11.1 Å². The maximum Gasteiger partial charge on any atom is 0.231 e. The van der Waals surface area contributed by atoms with Crippen LogP contribution < -0.4 is 14.8 Å². The van der Waals surface area contributed by atoms with Crippen LogP contribution in [0, 0.1) is 6.92 Å². The van der Waals surface area contributed by atoms with E-state index in [0.717, 1.165) is 57.8 Å². The van der Waals surface area contributed by atoms with Gasteiger partial charge >= 0.3 is 0 Å². The molecule has 1 N–H and O–H groups in total. The quantitative estimate of drug-likeness (QED) is 0.750. The van der Waals surface area contributed by atoms with E-state index in [9.17, 15) is 0 Å². The molecule has 2 aliphatic heterocycles. The minimum atomic E-state index is 0.273.